The summed E-state index contributed by atoms with van der Waals surface area (Å²) >= 11 is 0. The molecule has 4 heteroatoms. The maximum absolute atomic E-state index is 11.9. The minimum Gasteiger partial charge on any atom is -0.459 e. The van der Waals surface area contributed by atoms with Crippen LogP contribution in [0.2, 0.25) is 0 Å². The number of rotatable bonds is 4. The Hall–Kier alpha value is -1.32. The van der Waals surface area contributed by atoms with Crippen LogP contribution in [-0.2, 0) is 19.1 Å². The van der Waals surface area contributed by atoms with Crippen LogP contribution in [0.5, 0.6) is 0 Å². The second-order valence-electron chi connectivity index (χ2n) is 6.19. The summed E-state index contributed by atoms with van der Waals surface area (Å²) < 4.78 is 10.8. The first-order chi connectivity index (χ1) is 10.1. The number of esters is 2. The quantitative estimate of drug-likeness (QED) is 0.586. The minimum atomic E-state index is -0.417. The van der Waals surface area contributed by atoms with Crippen LogP contribution in [-0.4, -0.2) is 24.1 Å². The van der Waals surface area contributed by atoms with Crippen molar-refractivity contribution in [3.63, 3.8) is 0 Å². The lowest BCUT2D eigenvalue weighted by atomic mass is 9.98. The van der Waals surface area contributed by atoms with Gasteiger partial charge in [0, 0.05) is 11.6 Å². The van der Waals surface area contributed by atoms with Gasteiger partial charge in [-0.3, -0.25) is 0 Å². The molecule has 21 heavy (non-hydrogen) atoms. The van der Waals surface area contributed by atoms with Gasteiger partial charge in [0.05, 0.1) is 0 Å². The molecule has 0 aromatic carbocycles. The molecule has 2 aliphatic carbocycles. The van der Waals surface area contributed by atoms with E-state index in [1.807, 2.05) is 0 Å². The molecule has 0 saturated heterocycles. The fourth-order valence-corrected chi connectivity index (χ4v) is 3.04. The average Bonchev–Trinajstić information content (AvgIpc) is 2.49. The number of hydrogen-bond donors (Lipinski definition) is 0. The average molecular weight is 294 g/mol. The molecular weight excluding hydrogens is 268 g/mol. The first-order valence-electron chi connectivity index (χ1n) is 8.25. The van der Waals surface area contributed by atoms with Crippen LogP contribution in [0.1, 0.15) is 71.1 Å². The molecule has 0 atom stereocenters. The third-order valence-corrected chi connectivity index (χ3v) is 4.32. The van der Waals surface area contributed by atoms with Gasteiger partial charge in [0.1, 0.15) is 12.2 Å². The maximum atomic E-state index is 11.9. The van der Waals surface area contributed by atoms with Crippen LogP contribution >= 0.6 is 0 Å². The van der Waals surface area contributed by atoms with Gasteiger partial charge in [0.2, 0.25) is 0 Å². The van der Waals surface area contributed by atoms with Crippen molar-refractivity contribution in [2.75, 3.05) is 0 Å². The van der Waals surface area contributed by atoms with E-state index in [-0.39, 0.29) is 18.2 Å². The van der Waals surface area contributed by atoms with Gasteiger partial charge in [-0.05, 0) is 58.3 Å². The molecule has 0 bridgehead atoms. The Morgan fingerprint density at radius 3 is 1.81 bits per heavy atom. The molecule has 0 aliphatic heterocycles. The van der Waals surface area contributed by atoms with E-state index in [0.29, 0.717) is 5.57 Å². The third kappa shape index (κ3) is 5.52. The number of carbonyl (C=O) groups is 2. The molecule has 0 radical (unpaired) electrons. The van der Waals surface area contributed by atoms with Crippen molar-refractivity contribution in [1.82, 2.24) is 0 Å². The zero-order valence-corrected chi connectivity index (χ0v) is 12.9. The summed E-state index contributed by atoms with van der Waals surface area (Å²) in [6.07, 6.45) is 12.0. The van der Waals surface area contributed by atoms with E-state index >= 15 is 0 Å². The van der Waals surface area contributed by atoms with Gasteiger partial charge in [0.15, 0.2) is 0 Å². The SMILES string of the molecule is C/C(=C\C(=O)OC1CCCCC1)C(=O)OC1CCCCC1. The Morgan fingerprint density at radius 2 is 1.29 bits per heavy atom. The highest BCUT2D eigenvalue weighted by Gasteiger charge is 2.20. The molecular formula is C17H26O4. The number of ether oxygens (including phenoxy) is 2. The van der Waals surface area contributed by atoms with Crippen LogP contribution in [0.15, 0.2) is 11.6 Å². The first kappa shape index (κ1) is 16.1. The van der Waals surface area contributed by atoms with E-state index in [0.717, 1.165) is 51.4 Å². The van der Waals surface area contributed by atoms with Crippen molar-refractivity contribution in [2.45, 2.75) is 83.3 Å². The van der Waals surface area contributed by atoms with Crippen molar-refractivity contribution in [1.29, 1.82) is 0 Å². The summed E-state index contributed by atoms with van der Waals surface area (Å²) in [5.41, 5.74) is 0.335. The predicted molar refractivity (Wildman–Crippen MR) is 79.7 cm³/mol. The third-order valence-electron chi connectivity index (χ3n) is 4.32. The highest BCUT2D eigenvalue weighted by atomic mass is 16.5. The maximum Gasteiger partial charge on any atom is 0.334 e. The largest absolute Gasteiger partial charge is 0.459 e. The van der Waals surface area contributed by atoms with Gasteiger partial charge in [-0.15, -0.1) is 0 Å². The summed E-state index contributed by atoms with van der Waals surface area (Å²) in [6, 6.07) is 0. The lowest BCUT2D eigenvalue weighted by Gasteiger charge is -2.22. The molecule has 2 rings (SSSR count). The van der Waals surface area contributed by atoms with E-state index in [4.69, 9.17) is 9.47 Å². The topological polar surface area (TPSA) is 52.6 Å². The molecule has 2 aliphatic rings. The second kappa shape index (κ2) is 8.20. The van der Waals surface area contributed by atoms with Gasteiger partial charge < -0.3 is 9.47 Å². The van der Waals surface area contributed by atoms with Crippen molar-refractivity contribution < 1.29 is 19.1 Å². The van der Waals surface area contributed by atoms with Crippen molar-refractivity contribution in [2.24, 2.45) is 0 Å². The van der Waals surface area contributed by atoms with E-state index < -0.39 is 5.97 Å². The van der Waals surface area contributed by atoms with Gasteiger partial charge in [-0.2, -0.15) is 0 Å². The number of hydrogen-bond acceptors (Lipinski definition) is 4. The normalized spacial score (nSPS) is 21.9. The Balaban J connectivity index is 1.77. The molecule has 0 N–H and O–H groups in total. The summed E-state index contributed by atoms with van der Waals surface area (Å²) in [7, 11) is 0. The van der Waals surface area contributed by atoms with E-state index in [2.05, 4.69) is 0 Å². The lowest BCUT2D eigenvalue weighted by molar-refractivity contribution is -0.148. The predicted octanol–water partition coefficient (Wildman–Crippen LogP) is 3.68. The van der Waals surface area contributed by atoms with Crippen LogP contribution in [0.3, 0.4) is 0 Å². The molecule has 0 amide bonds. The molecule has 0 spiro atoms. The zero-order chi connectivity index (χ0) is 15.1. The van der Waals surface area contributed by atoms with Crippen molar-refractivity contribution >= 4 is 11.9 Å². The Labute approximate surface area is 126 Å². The smallest absolute Gasteiger partial charge is 0.334 e. The van der Waals surface area contributed by atoms with E-state index in [1.165, 1.54) is 18.9 Å². The van der Waals surface area contributed by atoms with Crippen LogP contribution in [0.4, 0.5) is 0 Å². The summed E-state index contributed by atoms with van der Waals surface area (Å²) in [5, 5.41) is 0. The van der Waals surface area contributed by atoms with Crippen LogP contribution in [0.25, 0.3) is 0 Å². The first-order valence-corrected chi connectivity index (χ1v) is 8.25. The fraction of sp³-hybridized carbons (Fsp3) is 0.765. The van der Waals surface area contributed by atoms with Gasteiger partial charge in [0.25, 0.3) is 0 Å². The Bertz CT molecular complexity index is 388. The molecule has 118 valence electrons. The minimum absolute atomic E-state index is 0.0176. The van der Waals surface area contributed by atoms with E-state index in [9.17, 15) is 9.59 Å². The van der Waals surface area contributed by atoms with Gasteiger partial charge in [-0.1, -0.05) is 12.8 Å². The monoisotopic (exact) mass is 294 g/mol. The summed E-state index contributed by atoms with van der Waals surface area (Å²) in [6.45, 7) is 1.62. The highest BCUT2D eigenvalue weighted by molar-refractivity contribution is 5.95. The summed E-state index contributed by atoms with van der Waals surface area (Å²) in [4.78, 5) is 23.8. The number of carbonyl (C=O) groups excluding carboxylic acids is 2. The Morgan fingerprint density at radius 1 is 0.810 bits per heavy atom. The molecule has 0 heterocycles. The Kier molecular flexibility index (Phi) is 6.27. The summed E-state index contributed by atoms with van der Waals surface area (Å²) in [5.74, 6) is -0.803. The lowest BCUT2D eigenvalue weighted by Crippen LogP contribution is -2.23. The van der Waals surface area contributed by atoms with E-state index in [1.54, 1.807) is 6.92 Å². The van der Waals surface area contributed by atoms with Crippen molar-refractivity contribution in [3.8, 4) is 0 Å². The molecule has 0 aromatic rings. The highest BCUT2D eigenvalue weighted by Crippen LogP contribution is 2.22. The molecule has 0 unspecified atom stereocenters. The van der Waals surface area contributed by atoms with Crippen LogP contribution in [0, 0.1) is 0 Å². The zero-order valence-electron chi connectivity index (χ0n) is 12.9. The van der Waals surface area contributed by atoms with Crippen molar-refractivity contribution in [3.05, 3.63) is 11.6 Å². The standard InChI is InChI=1S/C17H26O4/c1-13(17(19)21-15-10-6-3-7-11-15)12-16(18)20-14-8-4-2-5-9-14/h12,14-15H,2-11H2,1H3/b13-12+. The second-order valence-corrected chi connectivity index (χ2v) is 6.19. The molecule has 4 nitrogen and oxygen atoms in total. The molecule has 2 saturated carbocycles. The fourth-order valence-electron chi connectivity index (χ4n) is 3.04. The van der Waals surface area contributed by atoms with Crippen LogP contribution < -0.4 is 0 Å². The molecule has 2 fully saturated rings. The van der Waals surface area contributed by atoms with Gasteiger partial charge in [-0.25, -0.2) is 9.59 Å². The van der Waals surface area contributed by atoms with Gasteiger partial charge >= 0.3 is 11.9 Å². The molecule has 0 aromatic heterocycles.